The van der Waals surface area contributed by atoms with E-state index in [1.54, 1.807) is 6.92 Å². The lowest BCUT2D eigenvalue weighted by Gasteiger charge is -2.07. The number of anilines is 2. The fraction of sp³-hybridized carbons (Fsp3) is 0.250. The lowest BCUT2D eigenvalue weighted by atomic mass is 10.2. The monoisotopic (exact) mass is 190 g/mol. The van der Waals surface area contributed by atoms with Gasteiger partial charge in [-0.3, -0.25) is 0 Å². The number of nitrogens with two attached hydrogens (primary N) is 1. The molecule has 0 aliphatic carbocycles. The van der Waals surface area contributed by atoms with Gasteiger partial charge < -0.3 is 11.1 Å². The van der Waals surface area contributed by atoms with Crippen molar-refractivity contribution in [1.29, 1.82) is 0 Å². The summed E-state index contributed by atoms with van der Waals surface area (Å²) in [6.07, 6.45) is 0. The molecule has 0 spiro atoms. The highest BCUT2D eigenvalue weighted by molar-refractivity contribution is 5.54. The maximum absolute atomic E-state index is 12.9. The number of hydrogen-bond donors (Lipinski definition) is 2. The summed E-state index contributed by atoms with van der Waals surface area (Å²) in [7, 11) is 0. The van der Waals surface area contributed by atoms with Crippen LogP contribution < -0.4 is 11.1 Å². The highest BCUT2D eigenvalue weighted by Gasteiger charge is 2.15. The molecule has 0 aromatic heterocycles. The average molecular weight is 190 g/mol. The molecule has 1 rings (SSSR count). The molecule has 2 nitrogen and oxygen atoms in total. The minimum atomic E-state index is -1.35. The van der Waals surface area contributed by atoms with Crippen molar-refractivity contribution in [2.45, 2.75) is 6.92 Å². The Morgan fingerprint density at radius 3 is 2.46 bits per heavy atom. The molecule has 0 heterocycles. The van der Waals surface area contributed by atoms with Crippen LogP contribution in [0, 0.1) is 17.5 Å². The van der Waals surface area contributed by atoms with Gasteiger partial charge in [-0.15, -0.1) is 0 Å². The molecule has 0 saturated heterocycles. The third kappa shape index (κ3) is 1.68. The second-order valence-corrected chi connectivity index (χ2v) is 2.48. The second kappa shape index (κ2) is 3.55. The molecular weight excluding hydrogens is 181 g/mol. The summed E-state index contributed by atoms with van der Waals surface area (Å²) in [5.41, 5.74) is 3.92. The summed E-state index contributed by atoms with van der Waals surface area (Å²) < 4.78 is 38.5. The first-order chi connectivity index (χ1) is 6.07. The van der Waals surface area contributed by atoms with Gasteiger partial charge in [-0.25, -0.2) is 13.2 Å². The van der Waals surface area contributed by atoms with Crippen LogP contribution in [0.1, 0.15) is 6.92 Å². The molecule has 0 atom stereocenters. The van der Waals surface area contributed by atoms with Gasteiger partial charge in [0.2, 0.25) is 0 Å². The standard InChI is InChI=1S/C8H9F3N2/c1-2-13-5-3-4(9)8(12)7(11)6(5)10/h3,13H,2,12H2,1H3. The molecule has 0 aliphatic heterocycles. The normalized spacial score (nSPS) is 10.2. The predicted octanol–water partition coefficient (Wildman–Crippen LogP) is 2.12. The van der Waals surface area contributed by atoms with E-state index in [9.17, 15) is 13.2 Å². The number of rotatable bonds is 2. The first kappa shape index (κ1) is 9.70. The molecular formula is C8H9F3N2. The Morgan fingerprint density at radius 2 is 1.92 bits per heavy atom. The third-order valence-electron chi connectivity index (χ3n) is 1.56. The van der Waals surface area contributed by atoms with E-state index < -0.39 is 23.1 Å². The lowest BCUT2D eigenvalue weighted by molar-refractivity contribution is 0.503. The van der Waals surface area contributed by atoms with Gasteiger partial charge in [-0.2, -0.15) is 0 Å². The van der Waals surface area contributed by atoms with E-state index in [2.05, 4.69) is 5.32 Å². The molecule has 0 radical (unpaired) electrons. The molecule has 1 aromatic rings. The van der Waals surface area contributed by atoms with Gasteiger partial charge in [-0.05, 0) is 6.92 Å². The van der Waals surface area contributed by atoms with Crippen molar-refractivity contribution in [2.24, 2.45) is 0 Å². The number of nitrogens with one attached hydrogen (secondary N) is 1. The topological polar surface area (TPSA) is 38.0 Å². The molecule has 5 heteroatoms. The maximum atomic E-state index is 12.9. The molecule has 3 N–H and O–H groups in total. The van der Waals surface area contributed by atoms with Crippen molar-refractivity contribution in [3.8, 4) is 0 Å². The van der Waals surface area contributed by atoms with Crippen LogP contribution in [0.3, 0.4) is 0 Å². The Hall–Kier alpha value is -1.39. The largest absolute Gasteiger partial charge is 0.394 e. The molecule has 72 valence electrons. The summed E-state index contributed by atoms with van der Waals surface area (Å²) in [6, 6.07) is 0.831. The molecule has 0 saturated carbocycles. The smallest absolute Gasteiger partial charge is 0.186 e. The van der Waals surface area contributed by atoms with Crippen molar-refractivity contribution >= 4 is 11.4 Å². The SMILES string of the molecule is CCNc1cc(F)c(N)c(F)c1F. The van der Waals surface area contributed by atoms with Gasteiger partial charge >= 0.3 is 0 Å². The minimum Gasteiger partial charge on any atom is -0.394 e. The van der Waals surface area contributed by atoms with Gasteiger partial charge in [0.15, 0.2) is 17.5 Å². The van der Waals surface area contributed by atoms with Crippen molar-refractivity contribution in [1.82, 2.24) is 0 Å². The maximum Gasteiger partial charge on any atom is 0.186 e. The second-order valence-electron chi connectivity index (χ2n) is 2.48. The minimum absolute atomic E-state index is 0.216. The van der Waals surface area contributed by atoms with Crippen LogP contribution in [-0.2, 0) is 0 Å². The van der Waals surface area contributed by atoms with E-state index in [-0.39, 0.29) is 5.69 Å². The summed E-state index contributed by atoms with van der Waals surface area (Å²) in [6.45, 7) is 2.06. The molecule has 0 bridgehead atoms. The number of hydrogen-bond acceptors (Lipinski definition) is 2. The quantitative estimate of drug-likeness (QED) is 0.553. The highest BCUT2D eigenvalue weighted by Crippen LogP contribution is 2.24. The Morgan fingerprint density at radius 1 is 1.31 bits per heavy atom. The van der Waals surface area contributed by atoms with E-state index in [0.29, 0.717) is 6.54 Å². The van der Waals surface area contributed by atoms with Crippen molar-refractivity contribution in [2.75, 3.05) is 17.6 Å². The van der Waals surface area contributed by atoms with Crippen molar-refractivity contribution in [3.05, 3.63) is 23.5 Å². The van der Waals surface area contributed by atoms with E-state index >= 15 is 0 Å². The van der Waals surface area contributed by atoms with Gasteiger partial charge in [-0.1, -0.05) is 0 Å². The molecule has 0 fully saturated rings. The third-order valence-corrected chi connectivity index (χ3v) is 1.56. The summed E-state index contributed by atoms with van der Waals surface area (Å²) in [5.74, 6) is -3.47. The molecule has 13 heavy (non-hydrogen) atoms. The Kier molecular flexibility index (Phi) is 2.65. The van der Waals surface area contributed by atoms with Gasteiger partial charge in [0.05, 0.1) is 5.69 Å². The van der Waals surface area contributed by atoms with E-state index in [4.69, 9.17) is 5.73 Å². The first-order valence-corrected chi connectivity index (χ1v) is 3.74. The molecule has 0 amide bonds. The van der Waals surface area contributed by atoms with Crippen LogP contribution >= 0.6 is 0 Å². The number of nitrogen functional groups attached to an aromatic ring is 1. The van der Waals surface area contributed by atoms with Crippen LogP contribution in [0.5, 0.6) is 0 Å². The van der Waals surface area contributed by atoms with E-state index in [0.717, 1.165) is 6.07 Å². The summed E-state index contributed by atoms with van der Waals surface area (Å²) in [4.78, 5) is 0. The predicted molar refractivity (Wildman–Crippen MR) is 44.9 cm³/mol. The van der Waals surface area contributed by atoms with Crippen LogP contribution in [0.15, 0.2) is 6.07 Å². The first-order valence-electron chi connectivity index (χ1n) is 3.74. The Bertz CT molecular complexity index is 326. The van der Waals surface area contributed by atoms with Crippen LogP contribution in [0.2, 0.25) is 0 Å². The zero-order chi connectivity index (χ0) is 10.0. The summed E-state index contributed by atoms with van der Waals surface area (Å²) >= 11 is 0. The van der Waals surface area contributed by atoms with Crippen molar-refractivity contribution in [3.63, 3.8) is 0 Å². The molecule has 1 aromatic carbocycles. The average Bonchev–Trinajstić information content (AvgIpc) is 2.11. The van der Waals surface area contributed by atoms with Gasteiger partial charge in [0, 0.05) is 12.6 Å². The van der Waals surface area contributed by atoms with E-state index in [1.807, 2.05) is 0 Å². The highest BCUT2D eigenvalue weighted by atomic mass is 19.2. The van der Waals surface area contributed by atoms with Gasteiger partial charge in [0.25, 0.3) is 0 Å². The fourth-order valence-electron chi connectivity index (χ4n) is 0.928. The van der Waals surface area contributed by atoms with Crippen LogP contribution in [0.4, 0.5) is 24.5 Å². The molecule has 0 unspecified atom stereocenters. The van der Waals surface area contributed by atoms with Gasteiger partial charge in [0.1, 0.15) is 5.69 Å². The molecule has 0 aliphatic rings. The zero-order valence-electron chi connectivity index (χ0n) is 7.00. The van der Waals surface area contributed by atoms with E-state index in [1.165, 1.54) is 0 Å². The summed E-state index contributed by atoms with van der Waals surface area (Å²) in [5, 5.41) is 2.47. The number of halogens is 3. The fourth-order valence-corrected chi connectivity index (χ4v) is 0.928. The number of benzene rings is 1. The lowest BCUT2D eigenvalue weighted by Crippen LogP contribution is -2.05. The Balaban J connectivity index is 3.24. The Labute approximate surface area is 73.5 Å². The zero-order valence-corrected chi connectivity index (χ0v) is 7.00. The van der Waals surface area contributed by atoms with Crippen molar-refractivity contribution < 1.29 is 13.2 Å². The van der Waals surface area contributed by atoms with Crippen LogP contribution in [-0.4, -0.2) is 6.54 Å². The van der Waals surface area contributed by atoms with Crippen LogP contribution in [0.25, 0.3) is 0 Å².